The maximum absolute atomic E-state index is 5.84. The minimum Gasteiger partial charge on any atom is -0.273 e. The summed E-state index contributed by atoms with van der Waals surface area (Å²) in [5, 5.41) is 4.36. The quantitative estimate of drug-likeness (QED) is 0.515. The van der Waals surface area contributed by atoms with E-state index in [1.807, 2.05) is 37.6 Å². The molecule has 9 heteroatoms. The molecule has 2 aromatic rings. The molecule has 0 amide bonds. The number of aromatic nitrogens is 3. The molecule has 0 bridgehead atoms. The monoisotopic (exact) mass is 407 g/mol. The summed E-state index contributed by atoms with van der Waals surface area (Å²) >= 11 is 0. The van der Waals surface area contributed by atoms with Crippen LogP contribution in [0.25, 0.3) is 5.69 Å². The van der Waals surface area contributed by atoms with Crippen LogP contribution in [0.15, 0.2) is 12.1 Å². The van der Waals surface area contributed by atoms with Crippen LogP contribution < -0.4 is 5.46 Å². The molecule has 0 N–H and O–H groups in total. The Balaban J connectivity index is 0.00000180. The fourth-order valence-electron chi connectivity index (χ4n) is 1.89. The molecule has 1 heterocycles. The van der Waals surface area contributed by atoms with Gasteiger partial charge >= 0.3 is 0 Å². The van der Waals surface area contributed by atoms with Crippen molar-refractivity contribution in [2.24, 2.45) is 0 Å². The largest absolute Gasteiger partial charge is 0.273 e. The van der Waals surface area contributed by atoms with Crippen molar-refractivity contribution < 1.29 is 65.4 Å². The Morgan fingerprint density at radius 1 is 1.30 bits per heavy atom. The van der Waals surface area contributed by atoms with Crippen molar-refractivity contribution in [2.75, 3.05) is 0 Å². The maximum atomic E-state index is 5.84. The summed E-state index contributed by atoms with van der Waals surface area (Å²) in [4.78, 5) is 4.29. The first-order chi connectivity index (χ1) is 8.52. The van der Waals surface area contributed by atoms with Gasteiger partial charge in [-0.05, 0) is 19.5 Å². The molecule has 0 saturated carbocycles. The fourth-order valence-corrected chi connectivity index (χ4v) is 1.89. The van der Waals surface area contributed by atoms with E-state index in [9.17, 15) is 0 Å². The van der Waals surface area contributed by atoms with Crippen molar-refractivity contribution in [1.29, 1.82) is 0 Å². The molecular formula is C11H11B4N3Y2-. The maximum Gasteiger partial charge on any atom is 0.147 e. The van der Waals surface area contributed by atoms with Crippen LogP contribution in [0.5, 0.6) is 0 Å². The second kappa shape index (κ2) is 9.08. The third-order valence-corrected chi connectivity index (χ3v) is 2.82. The molecule has 89 valence electrons. The predicted molar refractivity (Wildman–Crippen MR) is 77.1 cm³/mol. The van der Waals surface area contributed by atoms with E-state index in [1.54, 1.807) is 0 Å². The van der Waals surface area contributed by atoms with Crippen LogP contribution in [0.4, 0.5) is 0 Å². The predicted octanol–water partition coefficient (Wildman–Crippen LogP) is -0.361. The van der Waals surface area contributed by atoms with Gasteiger partial charge in [0.05, 0.1) is 0 Å². The van der Waals surface area contributed by atoms with Gasteiger partial charge in [-0.25, -0.2) is 10.4 Å². The zero-order chi connectivity index (χ0) is 13.3. The van der Waals surface area contributed by atoms with Gasteiger partial charge in [-0.15, -0.1) is 5.56 Å². The summed E-state index contributed by atoms with van der Waals surface area (Å²) in [6.45, 7) is 5.51. The van der Waals surface area contributed by atoms with Crippen LogP contribution in [0.3, 0.4) is 0 Å². The number of benzene rings is 1. The van der Waals surface area contributed by atoms with Gasteiger partial charge in [-0.2, -0.15) is 23.3 Å². The zero-order valence-corrected chi connectivity index (χ0v) is 17.6. The van der Waals surface area contributed by atoms with Crippen LogP contribution in [-0.4, -0.2) is 43.8 Å². The van der Waals surface area contributed by atoms with Gasteiger partial charge in [-0.1, -0.05) is 6.92 Å². The molecule has 0 aliphatic carbocycles. The minimum atomic E-state index is -0.295. The molecule has 1 aromatic carbocycles. The van der Waals surface area contributed by atoms with E-state index in [0.717, 1.165) is 28.4 Å². The summed E-state index contributed by atoms with van der Waals surface area (Å²) in [7, 11) is 12.7. The summed E-state index contributed by atoms with van der Waals surface area (Å²) in [5.41, 5.74) is 2.89. The third-order valence-electron chi connectivity index (χ3n) is 2.82. The molecule has 0 spiro atoms. The molecule has 0 saturated heterocycles. The summed E-state index contributed by atoms with van der Waals surface area (Å²) < 4.78 is 1.81. The second-order valence-corrected chi connectivity index (χ2v) is 4.29. The van der Waals surface area contributed by atoms with Gasteiger partial charge in [-0.3, -0.25) is 4.68 Å². The molecule has 0 aliphatic heterocycles. The Morgan fingerprint density at radius 3 is 2.40 bits per heavy atom. The Hall–Kier alpha value is 0.828. The van der Waals surface area contributed by atoms with Crippen LogP contribution in [0.1, 0.15) is 17.2 Å². The number of aryl methyl sites for hydroxylation is 3. The molecule has 0 unspecified atom stereocenters. The van der Waals surface area contributed by atoms with Gasteiger partial charge in [0.15, 0.2) is 0 Å². The molecule has 7 radical (unpaired) electrons. The molecule has 2 rings (SSSR count). The second-order valence-electron chi connectivity index (χ2n) is 4.29. The molecule has 0 aliphatic rings. The molecule has 0 atom stereocenters. The number of hydrogen-bond donors (Lipinski definition) is 0. The first-order valence-electron chi connectivity index (χ1n) is 5.76. The Bertz CT molecular complexity index is 577. The van der Waals surface area contributed by atoms with Gasteiger partial charge < -0.3 is 0 Å². The van der Waals surface area contributed by atoms with E-state index in [4.69, 9.17) is 15.5 Å². The van der Waals surface area contributed by atoms with E-state index >= 15 is 0 Å². The summed E-state index contributed by atoms with van der Waals surface area (Å²) in [5.74, 6) is 1.61. The summed E-state index contributed by atoms with van der Waals surface area (Å²) in [6.07, 6.45) is 0. The zero-order valence-electron chi connectivity index (χ0n) is 12.0. The Kier molecular flexibility index (Phi) is 9.45. The Morgan fingerprint density at radius 2 is 1.95 bits per heavy atom. The molecule has 0 fully saturated rings. The number of nitrogens with zero attached hydrogens (tertiary/aromatic N) is 3. The molecular weight excluding hydrogens is 395 g/mol. The average molecular weight is 406 g/mol. The van der Waals surface area contributed by atoms with Crippen molar-refractivity contribution in [2.45, 2.75) is 20.8 Å². The fraction of sp³-hybridized carbons (Fsp3) is 0.273. The van der Waals surface area contributed by atoms with Crippen LogP contribution in [0, 0.1) is 26.8 Å². The van der Waals surface area contributed by atoms with Gasteiger partial charge in [0, 0.05) is 94.4 Å². The van der Waals surface area contributed by atoms with Crippen molar-refractivity contribution in [3.8, 4) is 5.69 Å². The molecule has 1 aromatic heterocycles. The van der Waals surface area contributed by atoms with Gasteiger partial charge in [0.1, 0.15) is 11.6 Å². The molecule has 20 heavy (non-hydrogen) atoms. The van der Waals surface area contributed by atoms with Gasteiger partial charge in [0.25, 0.3) is 0 Å². The summed E-state index contributed by atoms with van der Waals surface area (Å²) in [6, 6.07) is 6.98. The van der Waals surface area contributed by atoms with E-state index in [1.165, 1.54) is 7.06 Å². The first kappa shape index (κ1) is 20.8. The first-order valence-corrected chi connectivity index (χ1v) is 5.76. The van der Waals surface area contributed by atoms with E-state index in [2.05, 4.69) is 16.1 Å². The number of hydrogen-bond acceptors (Lipinski definition) is 2. The SMILES string of the molecule is [B][B]B([B])c1[c-]cc(-n2nc(C)nc2C)c(C)c1.[Y].[Y]. The van der Waals surface area contributed by atoms with E-state index < -0.39 is 0 Å². The van der Waals surface area contributed by atoms with E-state index in [-0.39, 0.29) is 71.9 Å². The number of rotatable bonds is 3. The topological polar surface area (TPSA) is 30.7 Å². The van der Waals surface area contributed by atoms with Crippen LogP contribution in [-0.2, 0) is 65.4 Å². The van der Waals surface area contributed by atoms with Gasteiger partial charge in [0.2, 0.25) is 0 Å². The van der Waals surface area contributed by atoms with Crippen LogP contribution in [0.2, 0.25) is 0 Å². The standard InChI is InChI=1S/C11H11B4N3.2Y/c1-7-6-10(15(13)14-12)4-5-11(7)18-9(3)16-8(2)17-18;;/h5-6H,1-3H3;;/q-1;;. The van der Waals surface area contributed by atoms with Crippen LogP contribution >= 0.6 is 0 Å². The van der Waals surface area contributed by atoms with E-state index in [0.29, 0.717) is 0 Å². The van der Waals surface area contributed by atoms with Crippen molar-refractivity contribution in [3.05, 3.63) is 35.4 Å². The average Bonchev–Trinajstić information content (AvgIpc) is 2.67. The third kappa shape index (κ3) is 4.66. The minimum absolute atomic E-state index is 0. The van der Waals surface area contributed by atoms with Crippen molar-refractivity contribution >= 4 is 34.5 Å². The normalized spacial score (nSPS) is 9.35. The Labute approximate surface area is 174 Å². The van der Waals surface area contributed by atoms with Crippen molar-refractivity contribution in [1.82, 2.24) is 14.8 Å². The molecule has 3 nitrogen and oxygen atoms in total. The smallest absolute Gasteiger partial charge is 0.147 e. The van der Waals surface area contributed by atoms with Crippen molar-refractivity contribution in [3.63, 3.8) is 0 Å².